The Hall–Kier alpha value is -0.940. The Morgan fingerprint density at radius 3 is 2.75 bits per heavy atom. The number of allylic oxidation sites excluding steroid dienone is 3. The zero-order chi connectivity index (χ0) is 23.1. The van der Waals surface area contributed by atoms with E-state index in [0.29, 0.717) is 30.1 Å². The van der Waals surface area contributed by atoms with Crippen LogP contribution in [0.25, 0.3) is 0 Å². The van der Waals surface area contributed by atoms with Crippen molar-refractivity contribution in [3.05, 3.63) is 35.5 Å². The highest BCUT2D eigenvalue weighted by atomic mass is 16.5. The van der Waals surface area contributed by atoms with Crippen LogP contribution in [0.4, 0.5) is 0 Å². The van der Waals surface area contributed by atoms with Gasteiger partial charge in [0.25, 0.3) is 0 Å². The van der Waals surface area contributed by atoms with Crippen molar-refractivity contribution in [3.63, 3.8) is 0 Å². The molecule has 3 aliphatic carbocycles. The Labute approximate surface area is 195 Å². The largest absolute Gasteiger partial charge is 0.393 e. The number of morpholine rings is 1. The van der Waals surface area contributed by atoms with E-state index >= 15 is 0 Å². The van der Waals surface area contributed by atoms with Crippen molar-refractivity contribution in [1.29, 1.82) is 0 Å². The summed E-state index contributed by atoms with van der Waals surface area (Å²) in [5.41, 5.74) is 3.90. The Bertz CT molecular complexity index is 769. The van der Waals surface area contributed by atoms with E-state index in [1.165, 1.54) is 38.6 Å². The van der Waals surface area contributed by atoms with Crippen LogP contribution in [0.5, 0.6) is 0 Å². The molecule has 4 heteroatoms. The number of nitrogens with zero attached hydrogens (tertiary/aromatic N) is 1. The Morgan fingerprint density at radius 2 is 2.00 bits per heavy atom. The molecule has 4 nitrogen and oxygen atoms in total. The van der Waals surface area contributed by atoms with Crippen LogP contribution in [0.2, 0.25) is 0 Å². The van der Waals surface area contributed by atoms with Crippen LogP contribution in [0, 0.1) is 23.2 Å². The van der Waals surface area contributed by atoms with Crippen LogP contribution in [-0.2, 0) is 4.74 Å². The molecule has 0 bridgehead atoms. The predicted molar refractivity (Wildman–Crippen MR) is 130 cm³/mol. The molecular formula is C28H45NO3. The maximum Gasteiger partial charge on any atom is 0.0811 e. The van der Waals surface area contributed by atoms with E-state index in [4.69, 9.17) is 4.74 Å². The third-order valence-electron chi connectivity index (χ3n) is 9.31. The molecule has 1 aliphatic heterocycles. The van der Waals surface area contributed by atoms with Gasteiger partial charge in [-0.25, -0.2) is 0 Å². The molecule has 0 aromatic carbocycles. The number of rotatable bonds is 4. The van der Waals surface area contributed by atoms with Gasteiger partial charge in [0.2, 0.25) is 0 Å². The van der Waals surface area contributed by atoms with Gasteiger partial charge in [0.15, 0.2) is 0 Å². The van der Waals surface area contributed by atoms with E-state index < -0.39 is 12.2 Å². The normalized spacial score (nSPS) is 41.8. The molecule has 4 rings (SSSR count). The second kappa shape index (κ2) is 9.37. The molecule has 1 unspecified atom stereocenters. The van der Waals surface area contributed by atoms with E-state index in [1.54, 1.807) is 5.57 Å². The summed E-state index contributed by atoms with van der Waals surface area (Å²) in [5, 5.41) is 20.3. The SMILES string of the molecule is C=C1C(=CC=C2CCC[C@]3(C)[C@@H](C(C)CN4CCOCC4(C)C)CC[C@@H]23)C[C@@H](O)C[C@@H]1O. The molecule has 32 heavy (non-hydrogen) atoms. The molecule has 0 amide bonds. The number of aliphatic hydroxyl groups excluding tert-OH is 2. The van der Waals surface area contributed by atoms with E-state index in [1.807, 2.05) is 0 Å². The van der Waals surface area contributed by atoms with Gasteiger partial charge in [0, 0.05) is 25.0 Å². The maximum atomic E-state index is 10.2. The first-order valence-electron chi connectivity index (χ1n) is 12.9. The number of fused-ring (bicyclic) bond motifs is 1. The first-order valence-corrected chi connectivity index (χ1v) is 12.9. The second-order valence-electron chi connectivity index (χ2n) is 12.0. The fourth-order valence-electron chi connectivity index (χ4n) is 7.38. The lowest BCUT2D eigenvalue weighted by atomic mass is 9.61. The number of ether oxygens (including phenoxy) is 1. The predicted octanol–water partition coefficient (Wildman–Crippen LogP) is 4.87. The van der Waals surface area contributed by atoms with E-state index in [9.17, 15) is 10.2 Å². The fraction of sp³-hybridized carbons (Fsp3) is 0.786. The number of hydrogen-bond acceptors (Lipinski definition) is 4. The highest BCUT2D eigenvalue weighted by Crippen LogP contribution is 2.59. The van der Waals surface area contributed by atoms with Gasteiger partial charge in [-0.3, -0.25) is 4.90 Å². The van der Waals surface area contributed by atoms with Gasteiger partial charge < -0.3 is 14.9 Å². The van der Waals surface area contributed by atoms with Crippen molar-refractivity contribution < 1.29 is 14.9 Å². The first kappa shape index (κ1) is 24.2. The van der Waals surface area contributed by atoms with Crippen molar-refractivity contribution in [2.75, 3.05) is 26.3 Å². The lowest BCUT2D eigenvalue weighted by Gasteiger charge is -2.48. The average molecular weight is 444 g/mol. The van der Waals surface area contributed by atoms with E-state index in [-0.39, 0.29) is 5.54 Å². The van der Waals surface area contributed by atoms with Crippen molar-refractivity contribution >= 4 is 0 Å². The molecule has 4 fully saturated rings. The molecule has 180 valence electrons. The summed E-state index contributed by atoms with van der Waals surface area (Å²) in [7, 11) is 0. The van der Waals surface area contributed by atoms with Gasteiger partial charge in [0.05, 0.1) is 25.4 Å². The molecule has 6 atom stereocenters. The molecule has 1 saturated heterocycles. The van der Waals surface area contributed by atoms with Gasteiger partial charge in [-0.1, -0.05) is 38.2 Å². The Morgan fingerprint density at radius 1 is 1.22 bits per heavy atom. The average Bonchev–Trinajstić information content (AvgIpc) is 3.08. The zero-order valence-electron chi connectivity index (χ0n) is 20.8. The quantitative estimate of drug-likeness (QED) is 0.651. The Kier molecular flexibility index (Phi) is 7.08. The van der Waals surface area contributed by atoms with Crippen LogP contribution >= 0.6 is 0 Å². The summed E-state index contributed by atoms with van der Waals surface area (Å²) in [4.78, 5) is 2.66. The monoisotopic (exact) mass is 443 g/mol. The lowest BCUT2D eigenvalue weighted by molar-refractivity contribution is -0.0638. The molecule has 0 aromatic rings. The van der Waals surface area contributed by atoms with Crippen LogP contribution < -0.4 is 0 Å². The van der Waals surface area contributed by atoms with Crippen LogP contribution in [0.3, 0.4) is 0 Å². The van der Waals surface area contributed by atoms with Gasteiger partial charge >= 0.3 is 0 Å². The summed E-state index contributed by atoms with van der Waals surface area (Å²) in [5.74, 6) is 2.10. The number of aliphatic hydroxyl groups is 2. The standard InChI is InChI=1S/C28H45NO3/c1-19(17-29-13-14-32-18-27(29,3)4)24-10-11-25-21(7-6-12-28(24,25)5)8-9-22-15-23(30)16-26(31)20(22)2/h8-9,19,23-26,30-31H,2,6-7,10-18H2,1,3-5H3/t19?,23-,24-,25+,26+,28-/m1/s1. The molecule has 4 aliphatic rings. The first-order chi connectivity index (χ1) is 15.1. The smallest absolute Gasteiger partial charge is 0.0811 e. The topological polar surface area (TPSA) is 52.9 Å². The minimum atomic E-state index is -0.610. The molecular weight excluding hydrogens is 398 g/mol. The van der Waals surface area contributed by atoms with Crippen LogP contribution in [0.15, 0.2) is 35.5 Å². The van der Waals surface area contributed by atoms with Crippen LogP contribution in [-0.4, -0.2) is 59.2 Å². The highest BCUT2D eigenvalue weighted by Gasteiger charge is 2.51. The maximum absolute atomic E-state index is 10.2. The highest BCUT2D eigenvalue weighted by molar-refractivity contribution is 5.38. The van der Waals surface area contributed by atoms with E-state index in [0.717, 1.165) is 36.8 Å². The third-order valence-corrected chi connectivity index (χ3v) is 9.31. The number of hydrogen-bond donors (Lipinski definition) is 2. The third kappa shape index (κ3) is 4.66. The molecule has 0 spiro atoms. The van der Waals surface area contributed by atoms with Crippen molar-refractivity contribution in [1.82, 2.24) is 4.90 Å². The van der Waals surface area contributed by atoms with Crippen molar-refractivity contribution in [2.24, 2.45) is 23.2 Å². The lowest BCUT2D eigenvalue weighted by Crippen LogP contribution is -2.55. The van der Waals surface area contributed by atoms with Gasteiger partial charge in [-0.05, 0) is 86.7 Å². The minimum absolute atomic E-state index is 0.132. The summed E-state index contributed by atoms with van der Waals surface area (Å²) in [6.45, 7) is 17.7. The minimum Gasteiger partial charge on any atom is -0.393 e. The van der Waals surface area contributed by atoms with Crippen molar-refractivity contribution in [2.45, 2.75) is 90.4 Å². The van der Waals surface area contributed by atoms with Gasteiger partial charge in [-0.2, -0.15) is 0 Å². The zero-order valence-corrected chi connectivity index (χ0v) is 20.8. The fourth-order valence-corrected chi connectivity index (χ4v) is 7.38. The van der Waals surface area contributed by atoms with Crippen molar-refractivity contribution in [3.8, 4) is 0 Å². The molecule has 0 aromatic heterocycles. The van der Waals surface area contributed by atoms with E-state index in [2.05, 4.69) is 51.3 Å². The molecule has 1 heterocycles. The summed E-state index contributed by atoms with van der Waals surface area (Å²) in [6, 6.07) is 0. The van der Waals surface area contributed by atoms with Gasteiger partial charge in [0.1, 0.15) is 0 Å². The molecule has 2 N–H and O–H groups in total. The molecule has 0 radical (unpaired) electrons. The summed E-state index contributed by atoms with van der Waals surface area (Å²) < 4.78 is 5.75. The van der Waals surface area contributed by atoms with Gasteiger partial charge in [-0.15, -0.1) is 0 Å². The molecule has 3 saturated carbocycles. The summed E-state index contributed by atoms with van der Waals surface area (Å²) in [6.07, 6.45) is 10.8. The van der Waals surface area contributed by atoms with Crippen LogP contribution in [0.1, 0.15) is 72.6 Å². The Balaban J connectivity index is 1.48. The second-order valence-corrected chi connectivity index (χ2v) is 12.0. The summed E-state index contributed by atoms with van der Waals surface area (Å²) >= 11 is 0.